The summed E-state index contributed by atoms with van der Waals surface area (Å²) in [7, 11) is 0. The van der Waals surface area contributed by atoms with Gasteiger partial charge >= 0.3 is 0 Å². The molecule has 2 N–H and O–H groups in total. The lowest BCUT2D eigenvalue weighted by molar-refractivity contribution is 0.154. The van der Waals surface area contributed by atoms with Crippen LogP contribution in [-0.4, -0.2) is 24.3 Å². The number of aliphatic hydroxyl groups excluding tert-OH is 1. The van der Waals surface area contributed by atoms with E-state index in [4.69, 9.17) is 23.2 Å². The maximum absolute atomic E-state index is 10.7. The SMILES string of the molecule is CCCNCC(O)C(c1cccc(Cl)c1)c1cccc(Cl)c1. The van der Waals surface area contributed by atoms with Crippen LogP contribution in [0.15, 0.2) is 48.5 Å². The lowest BCUT2D eigenvalue weighted by Gasteiger charge is -2.25. The first-order chi connectivity index (χ1) is 10.6. The molecular formula is C18H21Cl2NO. The van der Waals surface area contributed by atoms with Gasteiger partial charge in [0.1, 0.15) is 0 Å². The Labute approximate surface area is 142 Å². The Hall–Kier alpha value is -1.06. The molecular weight excluding hydrogens is 317 g/mol. The Morgan fingerprint density at radius 1 is 1.00 bits per heavy atom. The topological polar surface area (TPSA) is 32.3 Å². The monoisotopic (exact) mass is 337 g/mol. The number of aliphatic hydroxyl groups is 1. The predicted octanol–water partition coefficient (Wildman–Crippen LogP) is 4.49. The first-order valence-electron chi connectivity index (χ1n) is 7.51. The molecule has 0 radical (unpaired) electrons. The third kappa shape index (κ3) is 4.72. The number of halogens is 2. The molecule has 0 aromatic heterocycles. The minimum absolute atomic E-state index is 0.165. The van der Waals surface area contributed by atoms with E-state index in [2.05, 4.69) is 12.2 Å². The first-order valence-corrected chi connectivity index (χ1v) is 8.27. The Morgan fingerprint density at radius 2 is 1.55 bits per heavy atom. The fraction of sp³-hybridized carbons (Fsp3) is 0.333. The van der Waals surface area contributed by atoms with Gasteiger partial charge in [-0.1, -0.05) is 54.4 Å². The molecule has 0 amide bonds. The predicted molar refractivity (Wildman–Crippen MR) is 93.9 cm³/mol. The van der Waals surface area contributed by atoms with Crippen LogP contribution in [0.3, 0.4) is 0 Å². The fourth-order valence-electron chi connectivity index (χ4n) is 2.58. The van der Waals surface area contributed by atoms with Crippen LogP contribution in [0, 0.1) is 0 Å². The fourth-order valence-corrected chi connectivity index (χ4v) is 2.98. The van der Waals surface area contributed by atoms with Crippen molar-refractivity contribution < 1.29 is 5.11 Å². The number of benzene rings is 2. The van der Waals surface area contributed by atoms with Crippen molar-refractivity contribution in [1.82, 2.24) is 5.32 Å². The highest BCUT2D eigenvalue weighted by molar-refractivity contribution is 6.31. The highest BCUT2D eigenvalue weighted by atomic mass is 35.5. The minimum atomic E-state index is -0.552. The average Bonchev–Trinajstić information content (AvgIpc) is 2.48. The van der Waals surface area contributed by atoms with Gasteiger partial charge in [-0.15, -0.1) is 0 Å². The number of hydrogen-bond acceptors (Lipinski definition) is 2. The lowest BCUT2D eigenvalue weighted by Crippen LogP contribution is -2.32. The van der Waals surface area contributed by atoms with Gasteiger partial charge in [0.15, 0.2) is 0 Å². The van der Waals surface area contributed by atoms with E-state index in [-0.39, 0.29) is 5.92 Å². The summed E-state index contributed by atoms with van der Waals surface area (Å²) in [6.45, 7) is 3.51. The normalized spacial score (nSPS) is 12.6. The van der Waals surface area contributed by atoms with E-state index in [9.17, 15) is 5.11 Å². The minimum Gasteiger partial charge on any atom is -0.391 e. The summed E-state index contributed by atoms with van der Waals surface area (Å²) in [5, 5.41) is 15.3. The van der Waals surface area contributed by atoms with Gasteiger partial charge in [-0.05, 0) is 48.4 Å². The second-order valence-corrected chi connectivity index (χ2v) is 6.23. The smallest absolute Gasteiger partial charge is 0.0773 e. The molecule has 0 heterocycles. The second-order valence-electron chi connectivity index (χ2n) is 5.36. The van der Waals surface area contributed by atoms with Crippen LogP contribution in [0.5, 0.6) is 0 Å². The van der Waals surface area contributed by atoms with Gasteiger partial charge in [0, 0.05) is 22.5 Å². The Bertz CT molecular complexity index is 558. The van der Waals surface area contributed by atoms with E-state index >= 15 is 0 Å². The highest BCUT2D eigenvalue weighted by Crippen LogP contribution is 2.31. The zero-order valence-electron chi connectivity index (χ0n) is 12.6. The van der Waals surface area contributed by atoms with Gasteiger partial charge in [0.05, 0.1) is 6.10 Å². The van der Waals surface area contributed by atoms with Crippen molar-refractivity contribution in [3.05, 3.63) is 69.7 Å². The van der Waals surface area contributed by atoms with Gasteiger partial charge in [0.2, 0.25) is 0 Å². The van der Waals surface area contributed by atoms with E-state index in [1.807, 2.05) is 48.5 Å². The average molecular weight is 338 g/mol. The van der Waals surface area contributed by atoms with Crippen LogP contribution in [0.1, 0.15) is 30.4 Å². The second kappa shape index (κ2) is 8.54. The summed E-state index contributed by atoms with van der Waals surface area (Å²) in [4.78, 5) is 0. The Balaban J connectivity index is 2.32. The van der Waals surface area contributed by atoms with Crippen LogP contribution >= 0.6 is 23.2 Å². The van der Waals surface area contributed by atoms with Crippen LogP contribution < -0.4 is 5.32 Å². The van der Waals surface area contributed by atoms with Crippen LogP contribution in [0.25, 0.3) is 0 Å². The van der Waals surface area contributed by atoms with Gasteiger partial charge in [-0.2, -0.15) is 0 Å². The van der Waals surface area contributed by atoms with Crippen molar-refractivity contribution in [3.63, 3.8) is 0 Å². The van der Waals surface area contributed by atoms with Crippen molar-refractivity contribution in [2.24, 2.45) is 0 Å². The van der Waals surface area contributed by atoms with Gasteiger partial charge < -0.3 is 10.4 Å². The third-order valence-corrected chi connectivity index (χ3v) is 4.05. The first kappa shape index (κ1) is 17.3. The zero-order chi connectivity index (χ0) is 15.9. The van der Waals surface area contributed by atoms with Crippen molar-refractivity contribution in [2.45, 2.75) is 25.4 Å². The summed E-state index contributed by atoms with van der Waals surface area (Å²) < 4.78 is 0. The molecule has 0 aliphatic heterocycles. The van der Waals surface area contributed by atoms with E-state index < -0.39 is 6.10 Å². The summed E-state index contributed by atoms with van der Waals surface area (Å²) in [6, 6.07) is 15.2. The van der Waals surface area contributed by atoms with Gasteiger partial charge in [-0.3, -0.25) is 0 Å². The van der Waals surface area contributed by atoms with E-state index in [0.29, 0.717) is 16.6 Å². The number of nitrogens with one attached hydrogen (secondary N) is 1. The maximum Gasteiger partial charge on any atom is 0.0773 e. The molecule has 0 aliphatic carbocycles. The van der Waals surface area contributed by atoms with Crippen molar-refractivity contribution in [1.29, 1.82) is 0 Å². The summed E-state index contributed by atoms with van der Waals surface area (Å²) in [6.07, 6.45) is 0.481. The molecule has 0 fully saturated rings. The molecule has 0 bridgehead atoms. The molecule has 4 heteroatoms. The Kier molecular flexibility index (Phi) is 6.71. The lowest BCUT2D eigenvalue weighted by atomic mass is 9.86. The molecule has 0 saturated heterocycles. The third-order valence-electron chi connectivity index (χ3n) is 3.58. The van der Waals surface area contributed by atoms with Crippen molar-refractivity contribution in [2.75, 3.05) is 13.1 Å². The molecule has 118 valence electrons. The van der Waals surface area contributed by atoms with Crippen LogP contribution in [0.2, 0.25) is 10.0 Å². The maximum atomic E-state index is 10.7. The zero-order valence-corrected chi connectivity index (χ0v) is 14.1. The van der Waals surface area contributed by atoms with E-state index in [1.54, 1.807) is 0 Å². The summed E-state index contributed by atoms with van der Waals surface area (Å²) in [5.41, 5.74) is 1.97. The molecule has 1 atom stereocenters. The molecule has 22 heavy (non-hydrogen) atoms. The van der Waals surface area contributed by atoms with Crippen molar-refractivity contribution in [3.8, 4) is 0 Å². The Morgan fingerprint density at radius 3 is 2.00 bits per heavy atom. The number of rotatable bonds is 7. The van der Waals surface area contributed by atoms with Crippen LogP contribution in [-0.2, 0) is 0 Å². The molecule has 0 aliphatic rings. The summed E-state index contributed by atoms with van der Waals surface area (Å²) >= 11 is 12.2. The highest BCUT2D eigenvalue weighted by Gasteiger charge is 2.23. The van der Waals surface area contributed by atoms with E-state index in [0.717, 1.165) is 24.1 Å². The molecule has 2 nitrogen and oxygen atoms in total. The van der Waals surface area contributed by atoms with Gasteiger partial charge in [-0.25, -0.2) is 0 Å². The molecule has 1 unspecified atom stereocenters. The molecule has 2 aromatic rings. The van der Waals surface area contributed by atoms with Crippen molar-refractivity contribution >= 4 is 23.2 Å². The molecule has 2 aromatic carbocycles. The largest absolute Gasteiger partial charge is 0.391 e. The van der Waals surface area contributed by atoms with Gasteiger partial charge in [0.25, 0.3) is 0 Å². The standard InChI is InChI=1S/C18H21Cl2NO/c1-2-9-21-12-17(22)18(13-5-3-7-15(19)10-13)14-6-4-8-16(20)11-14/h3-8,10-11,17-18,21-22H,2,9,12H2,1H3. The molecule has 0 saturated carbocycles. The summed E-state index contributed by atoms with van der Waals surface area (Å²) in [5.74, 6) is -0.165. The molecule has 0 spiro atoms. The number of hydrogen-bond donors (Lipinski definition) is 2. The van der Waals surface area contributed by atoms with E-state index in [1.165, 1.54) is 0 Å². The molecule has 2 rings (SSSR count). The van der Waals surface area contributed by atoms with Crippen LogP contribution in [0.4, 0.5) is 0 Å². The quantitative estimate of drug-likeness (QED) is 0.729.